The second-order valence-electron chi connectivity index (χ2n) is 7.14. The van der Waals surface area contributed by atoms with Crippen molar-refractivity contribution in [1.29, 1.82) is 0 Å². The Kier molecular flexibility index (Phi) is 4.49. The molecule has 3 saturated heterocycles. The van der Waals surface area contributed by atoms with Crippen LogP contribution in [0.3, 0.4) is 0 Å². The third-order valence-electron chi connectivity index (χ3n) is 5.43. The van der Waals surface area contributed by atoms with Crippen molar-refractivity contribution in [3.8, 4) is 5.69 Å². The normalized spacial score (nSPS) is 22.6. The molecule has 0 aliphatic carbocycles. The summed E-state index contributed by atoms with van der Waals surface area (Å²) in [5.74, 6) is 0.138. The predicted octanol–water partition coefficient (Wildman–Crippen LogP) is 2.35. The minimum Gasteiger partial charge on any atom is -0.338 e. The Labute approximate surface area is 153 Å². The lowest BCUT2D eigenvalue weighted by Gasteiger charge is -2.35. The third kappa shape index (κ3) is 2.89. The Morgan fingerprint density at radius 3 is 2.81 bits per heavy atom. The molecule has 0 unspecified atom stereocenters. The molecule has 0 N–H and O–H groups in total. The molecule has 136 valence electrons. The monoisotopic (exact) mass is 352 g/mol. The fourth-order valence-corrected chi connectivity index (χ4v) is 4.18. The van der Waals surface area contributed by atoms with Gasteiger partial charge in [-0.05, 0) is 37.5 Å². The van der Waals surface area contributed by atoms with Gasteiger partial charge < -0.3 is 9.80 Å². The number of hydrogen-bond acceptors (Lipinski definition) is 3. The summed E-state index contributed by atoms with van der Waals surface area (Å²) in [5.41, 5.74) is 1.41. The van der Waals surface area contributed by atoms with Crippen LogP contribution in [0.25, 0.3) is 5.69 Å². The number of rotatable bonds is 4. The molecule has 4 heterocycles. The van der Waals surface area contributed by atoms with Crippen molar-refractivity contribution < 1.29 is 9.59 Å². The lowest BCUT2D eigenvalue weighted by atomic mass is 9.94. The molecule has 0 radical (unpaired) electrons. The molecule has 0 spiro atoms. The minimum absolute atomic E-state index is 0.0147. The van der Waals surface area contributed by atoms with E-state index in [-0.39, 0.29) is 23.8 Å². The second kappa shape index (κ2) is 6.94. The lowest BCUT2D eigenvalue weighted by Crippen LogP contribution is -2.48. The summed E-state index contributed by atoms with van der Waals surface area (Å²) < 4.78 is 1.72. The molecule has 1 aromatic heterocycles. The summed E-state index contributed by atoms with van der Waals surface area (Å²) in [4.78, 5) is 29.9. The molecule has 6 heteroatoms. The first-order valence-corrected chi connectivity index (χ1v) is 9.38. The predicted molar refractivity (Wildman–Crippen MR) is 98.0 cm³/mol. The molecule has 1 aromatic carbocycles. The van der Waals surface area contributed by atoms with Gasteiger partial charge in [-0.2, -0.15) is 5.10 Å². The standard InChI is InChI=1S/C20H24N4O2/c1-2-11-23-16-9-8-15(19(23)25)13-22(14-16)20(26)17-6-3-4-7-18(17)24-12-5-10-21-24/h3-7,10,12,15-16H,2,8-9,11,13-14H2,1H3/t15-,16+/m0/s1. The van der Waals surface area contributed by atoms with Crippen molar-refractivity contribution in [2.75, 3.05) is 19.6 Å². The number of amides is 2. The molecular formula is C20H24N4O2. The van der Waals surface area contributed by atoms with Crippen molar-refractivity contribution in [3.63, 3.8) is 0 Å². The Balaban J connectivity index is 1.63. The molecule has 0 saturated carbocycles. The van der Waals surface area contributed by atoms with Gasteiger partial charge in [0.05, 0.1) is 17.2 Å². The van der Waals surface area contributed by atoms with Crippen molar-refractivity contribution >= 4 is 11.8 Å². The van der Waals surface area contributed by atoms with Gasteiger partial charge in [0.15, 0.2) is 0 Å². The van der Waals surface area contributed by atoms with E-state index in [0.717, 1.165) is 31.5 Å². The number of fused-ring (bicyclic) bond motifs is 4. The zero-order chi connectivity index (χ0) is 18.1. The van der Waals surface area contributed by atoms with E-state index in [1.165, 1.54) is 0 Å². The van der Waals surface area contributed by atoms with Gasteiger partial charge in [-0.15, -0.1) is 0 Å². The number of benzene rings is 1. The Bertz CT molecular complexity index is 802. The SMILES string of the molecule is CCCN1C(=O)[C@H]2CC[C@@H]1CN(C(=O)c1ccccc1-n1cccn1)C2. The molecule has 2 atom stereocenters. The van der Waals surface area contributed by atoms with E-state index in [4.69, 9.17) is 0 Å². The van der Waals surface area contributed by atoms with E-state index in [1.54, 1.807) is 10.9 Å². The molecule has 5 rings (SSSR count). The van der Waals surface area contributed by atoms with Crippen molar-refractivity contribution in [2.45, 2.75) is 32.2 Å². The van der Waals surface area contributed by atoms with Crippen molar-refractivity contribution in [3.05, 3.63) is 48.3 Å². The molecule has 3 aliphatic heterocycles. The maximum Gasteiger partial charge on any atom is 0.256 e. The van der Waals surface area contributed by atoms with Crippen LogP contribution in [0.4, 0.5) is 0 Å². The first kappa shape index (κ1) is 16.8. The van der Waals surface area contributed by atoms with Crippen molar-refractivity contribution in [2.24, 2.45) is 5.92 Å². The van der Waals surface area contributed by atoms with Gasteiger partial charge in [-0.25, -0.2) is 4.68 Å². The highest BCUT2D eigenvalue weighted by Crippen LogP contribution is 2.30. The molecule has 26 heavy (non-hydrogen) atoms. The Hall–Kier alpha value is -2.63. The zero-order valence-corrected chi connectivity index (χ0v) is 15.0. The van der Waals surface area contributed by atoms with E-state index < -0.39 is 0 Å². The molecule has 3 fully saturated rings. The maximum atomic E-state index is 13.3. The maximum absolute atomic E-state index is 13.3. The summed E-state index contributed by atoms with van der Waals surface area (Å²) >= 11 is 0. The van der Waals surface area contributed by atoms with Crippen molar-refractivity contribution in [1.82, 2.24) is 19.6 Å². The smallest absolute Gasteiger partial charge is 0.256 e. The van der Waals surface area contributed by atoms with Crippen LogP contribution >= 0.6 is 0 Å². The highest BCUT2D eigenvalue weighted by Gasteiger charge is 2.41. The van der Waals surface area contributed by atoms with E-state index in [1.807, 2.05) is 46.3 Å². The summed E-state index contributed by atoms with van der Waals surface area (Å²) in [7, 11) is 0. The summed E-state index contributed by atoms with van der Waals surface area (Å²) in [5, 5.41) is 4.27. The molecular weight excluding hydrogens is 328 g/mol. The van der Waals surface area contributed by atoms with E-state index >= 15 is 0 Å². The van der Waals surface area contributed by atoms with Gasteiger partial charge in [0.25, 0.3) is 5.91 Å². The molecule has 2 amide bonds. The Morgan fingerprint density at radius 2 is 2.04 bits per heavy atom. The first-order chi connectivity index (χ1) is 12.7. The van der Waals surface area contributed by atoms with Gasteiger partial charge in [-0.3, -0.25) is 9.59 Å². The van der Waals surface area contributed by atoms with Crippen LogP contribution in [-0.4, -0.2) is 57.1 Å². The molecule has 3 aliphatic rings. The van der Waals surface area contributed by atoms with Gasteiger partial charge in [0.1, 0.15) is 0 Å². The van der Waals surface area contributed by atoms with Crippen LogP contribution in [-0.2, 0) is 4.79 Å². The van der Waals surface area contributed by atoms with Crippen LogP contribution < -0.4 is 0 Å². The molecule has 2 aromatic rings. The number of piperidine rings is 1. The highest BCUT2D eigenvalue weighted by atomic mass is 16.2. The van der Waals surface area contributed by atoms with Crippen LogP contribution in [0.15, 0.2) is 42.7 Å². The van der Waals surface area contributed by atoms with E-state index in [0.29, 0.717) is 18.7 Å². The number of carbonyl (C=O) groups is 2. The van der Waals surface area contributed by atoms with Crippen LogP contribution in [0, 0.1) is 5.92 Å². The molecule has 2 bridgehead atoms. The lowest BCUT2D eigenvalue weighted by molar-refractivity contribution is -0.139. The first-order valence-electron chi connectivity index (χ1n) is 9.38. The number of carbonyl (C=O) groups excluding carboxylic acids is 2. The number of nitrogens with zero attached hydrogens (tertiary/aromatic N) is 4. The van der Waals surface area contributed by atoms with E-state index in [2.05, 4.69) is 12.0 Å². The van der Waals surface area contributed by atoms with E-state index in [9.17, 15) is 9.59 Å². The number of aromatic nitrogens is 2. The third-order valence-corrected chi connectivity index (χ3v) is 5.43. The topological polar surface area (TPSA) is 58.4 Å². The fourth-order valence-electron chi connectivity index (χ4n) is 4.18. The minimum atomic E-state index is -0.0684. The fraction of sp³-hybridized carbons (Fsp3) is 0.450. The summed E-state index contributed by atoms with van der Waals surface area (Å²) in [6.07, 6.45) is 6.36. The second-order valence-corrected chi connectivity index (χ2v) is 7.14. The average Bonchev–Trinajstić information content (AvgIpc) is 3.07. The van der Waals surface area contributed by atoms with Crippen LogP contribution in [0.1, 0.15) is 36.5 Å². The van der Waals surface area contributed by atoms with Gasteiger partial charge in [0.2, 0.25) is 5.91 Å². The average molecular weight is 352 g/mol. The van der Waals surface area contributed by atoms with Gasteiger partial charge in [0, 0.05) is 38.1 Å². The zero-order valence-electron chi connectivity index (χ0n) is 15.0. The summed E-state index contributed by atoms with van der Waals surface area (Å²) in [6.45, 7) is 4.01. The molecule has 6 nitrogen and oxygen atoms in total. The number of hydrogen-bond donors (Lipinski definition) is 0. The van der Waals surface area contributed by atoms with Crippen LogP contribution in [0.5, 0.6) is 0 Å². The number of para-hydroxylation sites is 1. The highest BCUT2D eigenvalue weighted by molar-refractivity contribution is 5.98. The Morgan fingerprint density at radius 1 is 1.19 bits per heavy atom. The van der Waals surface area contributed by atoms with Gasteiger partial charge in [-0.1, -0.05) is 19.1 Å². The quantitative estimate of drug-likeness (QED) is 0.849. The van der Waals surface area contributed by atoms with Crippen LogP contribution in [0.2, 0.25) is 0 Å². The largest absolute Gasteiger partial charge is 0.338 e. The van der Waals surface area contributed by atoms with Gasteiger partial charge >= 0.3 is 0 Å². The summed E-state index contributed by atoms with van der Waals surface area (Å²) in [6, 6.07) is 9.52.